The van der Waals surface area contributed by atoms with Crippen molar-refractivity contribution in [2.75, 3.05) is 0 Å². The van der Waals surface area contributed by atoms with Crippen molar-refractivity contribution < 1.29 is 0 Å². The first-order valence-electron chi connectivity index (χ1n) is 8.90. The minimum absolute atomic E-state index is 0.435. The molecule has 0 radical (unpaired) electrons. The summed E-state index contributed by atoms with van der Waals surface area (Å²) in [6.07, 6.45) is 7.82. The van der Waals surface area contributed by atoms with Crippen molar-refractivity contribution >= 4 is 72.7 Å². The van der Waals surface area contributed by atoms with Gasteiger partial charge in [-0.05, 0) is 0 Å². The van der Waals surface area contributed by atoms with E-state index in [1.807, 2.05) is 11.3 Å². The van der Waals surface area contributed by atoms with E-state index in [2.05, 4.69) is 73.7 Å². The second-order valence-corrected chi connectivity index (χ2v) is 10.7. The molecule has 3 aromatic carbocycles. The van der Waals surface area contributed by atoms with Crippen LogP contribution in [-0.2, 0) is 0 Å². The van der Waals surface area contributed by atoms with Crippen LogP contribution >= 0.6 is 11.3 Å². The molecule has 0 N–H and O–H groups in total. The Bertz CT molecular complexity index is 1320. The Morgan fingerprint density at radius 3 is 2.31 bits per heavy atom. The van der Waals surface area contributed by atoms with Crippen LogP contribution in [0, 0.1) is 6.92 Å². The van der Waals surface area contributed by atoms with E-state index in [1.165, 1.54) is 51.7 Å². The summed E-state index contributed by atoms with van der Waals surface area (Å²) in [6, 6.07) is 19.0. The molecule has 2 heterocycles. The Morgan fingerprint density at radius 2 is 1.50 bits per heavy atom. The first-order valence-corrected chi connectivity index (χ1v) is 11.4. The Balaban J connectivity index is 1.61. The van der Waals surface area contributed by atoms with Gasteiger partial charge in [-0.15, -0.1) is 0 Å². The van der Waals surface area contributed by atoms with E-state index >= 15 is 0 Å². The van der Waals surface area contributed by atoms with Crippen LogP contribution < -0.4 is 0 Å². The zero-order valence-corrected chi connectivity index (χ0v) is 16.9. The molecular weight excluding hydrogens is 399 g/mol. The van der Waals surface area contributed by atoms with Gasteiger partial charge in [-0.1, -0.05) is 0 Å². The number of allylic oxidation sites excluding steroid dienone is 4. The third kappa shape index (κ3) is 2.27. The normalized spacial score (nSPS) is 14.3. The molecule has 1 aliphatic rings. The Kier molecular flexibility index (Phi) is 3.13. The zero-order valence-electron chi connectivity index (χ0n) is 14.4. The Morgan fingerprint density at radius 1 is 0.769 bits per heavy atom. The number of aryl methyl sites for hydroxylation is 1. The average Bonchev–Trinajstić information content (AvgIpc) is 3.33. The van der Waals surface area contributed by atoms with Gasteiger partial charge in [0, 0.05) is 0 Å². The molecule has 0 amide bonds. The molecule has 0 saturated heterocycles. The van der Waals surface area contributed by atoms with Crippen LogP contribution in [-0.4, -0.2) is 14.5 Å². The van der Waals surface area contributed by atoms with E-state index in [0.29, 0.717) is 14.5 Å². The molecule has 1 aliphatic carbocycles. The molecule has 26 heavy (non-hydrogen) atoms. The van der Waals surface area contributed by atoms with Crippen molar-refractivity contribution in [1.29, 1.82) is 0 Å². The molecule has 0 aliphatic heterocycles. The van der Waals surface area contributed by atoms with E-state index in [1.54, 1.807) is 4.44 Å². The molecule has 0 spiro atoms. The second-order valence-electron chi connectivity index (χ2n) is 7.12. The standard InChI is InChI=1S/C24H16SSe/c1-14-6-20-9-16-8-19-12-24-21(13-23(26-24)15-4-2-3-5-15)10-17(19)7-18(16)11-22(20)25-14/h2-4,6-13H,5H2,1H3. The maximum absolute atomic E-state index is 2.43. The van der Waals surface area contributed by atoms with Crippen LogP contribution in [0.5, 0.6) is 0 Å². The fourth-order valence-electron chi connectivity index (χ4n) is 4.00. The molecule has 124 valence electrons. The molecule has 0 bridgehead atoms. The molecule has 0 fully saturated rings. The summed E-state index contributed by atoms with van der Waals surface area (Å²) in [5.41, 5.74) is 1.51. The number of benzene rings is 3. The van der Waals surface area contributed by atoms with Gasteiger partial charge in [0.1, 0.15) is 0 Å². The van der Waals surface area contributed by atoms with E-state index in [0.717, 1.165) is 6.42 Å². The third-order valence-corrected chi connectivity index (χ3v) is 8.75. The van der Waals surface area contributed by atoms with E-state index in [4.69, 9.17) is 0 Å². The molecule has 0 atom stereocenters. The van der Waals surface area contributed by atoms with Crippen molar-refractivity contribution in [3.8, 4) is 0 Å². The molecule has 2 heteroatoms. The monoisotopic (exact) mass is 416 g/mol. The number of hydrogen-bond donors (Lipinski definition) is 0. The van der Waals surface area contributed by atoms with Crippen LogP contribution in [0.25, 0.3) is 46.9 Å². The topological polar surface area (TPSA) is 0 Å². The van der Waals surface area contributed by atoms with Crippen LogP contribution in [0.3, 0.4) is 0 Å². The Hall–Kier alpha value is -2.12. The summed E-state index contributed by atoms with van der Waals surface area (Å²) in [5, 5.41) is 8.22. The first-order chi connectivity index (χ1) is 12.7. The molecule has 0 unspecified atom stereocenters. The van der Waals surface area contributed by atoms with Crippen LogP contribution in [0.4, 0.5) is 0 Å². The van der Waals surface area contributed by atoms with Crippen molar-refractivity contribution in [2.24, 2.45) is 0 Å². The van der Waals surface area contributed by atoms with Crippen molar-refractivity contribution in [3.05, 3.63) is 76.1 Å². The summed E-state index contributed by atoms with van der Waals surface area (Å²) >= 11 is 2.32. The van der Waals surface area contributed by atoms with E-state index in [-0.39, 0.29) is 0 Å². The molecule has 0 saturated carbocycles. The van der Waals surface area contributed by atoms with Gasteiger partial charge < -0.3 is 0 Å². The summed E-state index contributed by atoms with van der Waals surface area (Å²) in [6.45, 7) is 2.19. The molecule has 2 aromatic heterocycles. The SMILES string of the molecule is Cc1cc2cc3cc4cc5[se]c(C6=CC=CC6)cc5cc4cc3cc2s1. The predicted octanol–water partition coefficient (Wildman–Crippen LogP) is 7.07. The van der Waals surface area contributed by atoms with E-state index < -0.39 is 0 Å². The molecule has 5 aromatic rings. The van der Waals surface area contributed by atoms with Gasteiger partial charge >= 0.3 is 162 Å². The van der Waals surface area contributed by atoms with Crippen molar-refractivity contribution in [2.45, 2.75) is 13.3 Å². The first kappa shape index (κ1) is 15.0. The second kappa shape index (κ2) is 5.44. The summed E-state index contributed by atoms with van der Waals surface area (Å²) in [4.78, 5) is 1.38. The maximum atomic E-state index is 2.43. The number of hydrogen-bond acceptors (Lipinski definition) is 1. The van der Waals surface area contributed by atoms with Crippen molar-refractivity contribution in [3.63, 3.8) is 0 Å². The molecule has 6 rings (SSSR count). The van der Waals surface area contributed by atoms with Gasteiger partial charge in [-0.3, -0.25) is 0 Å². The van der Waals surface area contributed by atoms with Gasteiger partial charge in [0.25, 0.3) is 0 Å². The van der Waals surface area contributed by atoms with Crippen LogP contribution in [0.1, 0.15) is 15.7 Å². The fourth-order valence-corrected chi connectivity index (χ4v) is 7.32. The summed E-state index contributed by atoms with van der Waals surface area (Å²) in [5.74, 6) is 0. The van der Waals surface area contributed by atoms with Gasteiger partial charge in [-0.25, -0.2) is 0 Å². The van der Waals surface area contributed by atoms with Crippen LogP contribution in [0.15, 0.2) is 66.8 Å². The van der Waals surface area contributed by atoms with Crippen LogP contribution in [0.2, 0.25) is 0 Å². The minimum atomic E-state index is 0.435. The van der Waals surface area contributed by atoms with E-state index in [9.17, 15) is 0 Å². The fraction of sp³-hybridized carbons (Fsp3) is 0.0833. The van der Waals surface area contributed by atoms with Gasteiger partial charge in [0.2, 0.25) is 0 Å². The predicted molar refractivity (Wildman–Crippen MR) is 118 cm³/mol. The van der Waals surface area contributed by atoms with Gasteiger partial charge in [0.15, 0.2) is 0 Å². The number of thiophene rings is 1. The third-order valence-electron chi connectivity index (χ3n) is 5.28. The quantitative estimate of drug-likeness (QED) is 0.203. The van der Waals surface area contributed by atoms with Gasteiger partial charge in [0.05, 0.1) is 0 Å². The average molecular weight is 415 g/mol. The Labute approximate surface area is 161 Å². The van der Waals surface area contributed by atoms with Crippen molar-refractivity contribution in [1.82, 2.24) is 0 Å². The van der Waals surface area contributed by atoms with Gasteiger partial charge in [-0.2, -0.15) is 0 Å². The molecular formula is C24H16SSe. The summed E-state index contributed by atoms with van der Waals surface area (Å²) in [7, 11) is 0. The molecule has 0 nitrogen and oxygen atoms in total. The zero-order chi connectivity index (χ0) is 17.3. The number of fused-ring (bicyclic) bond motifs is 4. The number of rotatable bonds is 1. The summed E-state index contributed by atoms with van der Waals surface area (Å²) < 4.78 is 4.47.